The SMILES string of the molecule is Cc1cc(C#N)ccc1S(=O)(=O)NC1CCN(c2ccccc2)CC1. The zero-order valence-electron chi connectivity index (χ0n) is 14.1. The predicted octanol–water partition coefficient (Wildman–Crippen LogP) is 2.81. The van der Waals surface area contributed by atoms with Gasteiger partial charge in [0.15, 0.2) is 0 Å². The smallest absolute Gasteiger partial charge is 0.241 e. The highest BCUT2D eigenvalue weighted by atomic mass is 32.2. The molecule has 3 rings (SSSR count). The molecule has 0 atom stereocenters. The summed E-state index contributed by atoms with van der Waals surface area (Å²) in [5, 5.41) is 8.92. The summed E-state index contributed by atoms with van der Waals surface area (Å²) in [5.41, 5.74) is 2.23. The van der Waals surface area contributed by atoms with Crippen LogP contribution in [0.1, 0.15) is 24.0 Å². The molecule has 130 valence electrons. The third-order valence-corrected chi connectivity index (χ3v) is 6.21. The number of nitrogens with one attached hydrogen (secondary N) is 1. The number of nitriles is 1. The number of nitrogens with zero attached hydrogens (tertiary/aromatic N) is 2. The molecule has 0 amide bonds. The minimum atomic E-state index is -3.58. The highest BCUT2D eigenvalue weighted by Gasteiger charge is 2.25. The molecule has 2 aromatic carbocycles. The highest BCUT2D eigenvalue weighted by Crippen LogP contribution is 2.22. The van der Waals surface area contributed by atoms with E-state index in [1.165, 1.54) is 11.8 Å². The molecule has 5 nitrogen and oxygen atoms in total. The van der Waals surface area contributed by atoms with Gasteiger partial charge in [0.05, 0.1) is 16.5 Å². The molecule has 0 saturated carbocycles. The fraction of sp³-hybridized carbons (Fsp3) is 0.316. The molecule has 0 aliphatic carbocycles. The number of rotatable bonds is 4. The molecule has 0 bridgehead atoms. The first-order valence-electron chi connectivity index (χ1n) is 8.33. The molecule has 0 spiro atoms. The van der Waals surface area contributed by atoms with Crippen LogP contribution < -0.4 is 9.62 Å². The van der Waals surface area contributed by atoms with Crippen LogP contribution in [0.25, 0.3) is 0 Å². The Labute approximate surface area is 149 Å². The van der Waals surface area contributed by atoms with Crippen molar-refractivity contribution in [3.05, 3.63) is 59.7 Å². The minimum Gasteiger partial charge on any atom is -0.371 e. The van der Waals surface area contributed by atoms with Crippen LogP contribution in [-0.2, 0) is 10.0 Å². The van der Waals surface area contributed by atoms with Crippen molar-refractivity contribution in [3.63, 3.8) is 0 Å². The molecule has 6 heteroatoms. The second-order valence-corrected chi connectivity index (χ2v) is 7.99. The van der Waals surface area contributed by atoms with Crippen LogP contribution >= 0.6 is 0 Å². The Morgan fingerprint density at radius 1 is 1.12 bits per heavy atom. The van der Waals surface area contributed by atoms with Gasteiger partial charge in [0, 0.05) is 24.8 Å². The van der Waals surface area contributed by atoms with Gasteiger partial charge in [-0.3, -0.25) is 0 Å². The van der Waals surface area contributed by atoms with Crippen molar-refractivity contribution < 1.29 is 8.42 Å². The molecular weight excluding hydrogens is 334 g/mol. The monoisotopic (exact) mass is 355 g/mol. The zero-order chi connectivity index (χ0) is 17.9. The Balaban J connectivity index is 1.66. The zero-order valence-corrected chi connectivity index (χ0v) is 15.0. The lowest BCUT2D eigenvalue weighted by Gasteiger charge is -2.33. The lowest BCUT2D eigenvalue weighted by atomic mass is 10.1. The van der Waals surface area contributed by atoms with Crippen molar-refractivity contribution >= 4 is 15.7 Å². The molecule has 1 N–H and O–H groups in total. The van der Waals surface area contributed by atoms with Crippen molar-refractivity contribution in [1.29, 1.82) is 5.26 Å². The first-order chi connectivity index (χ1) is 12.0. The summed E-state index contributed by atoms with van der Waals surface area (Å²) in [4.78, 5) is 2.52. The Kier molecular flexibility index (Phi) is 5.07. The second-order valence-electron chi connectivity index (χ2n) is 6.31. The van der Waals surface area contributed by atoms with Crippen LogP contribution in [0.15, 0.2) is 53.4 Å². The van der Waals surface area contributed by atoms with Gasteiger partial charge in [-0.15, -0.1) is 0 Å². The van der Waals surface area contributed by atoms with Gasteiger partial charge in [-0.05, 0) is 55.7 Å². The van der Waals surface area contributed by atoms with Crippen LogP contribution in [-0.4, -0.2) is 27.5 Å². The maximum absolute atomic E-state index is 12.7. The molecule has 0 unspecified atom stereocenters. The van der Waals surface area contributed by atoms with Crippen molar-refractivity contribution in [2.24, 2.45) is 0 Å². The van der Waals surface area contributed by atoms with E-state index >= 15 is 0 Å². The summed E-state index contributed by atoms with van der Waals surface area (Å²) in [6, 6.07) is 16.8. The van der Waals surface area contributed by atoms with E-state index in [4.69, 9.17) is 5.26 Å². The molecule has 1 saturated heterocycles. The third kappa shape index (κ3) is 4.01. The lowest BCUT2D eigenvalue weighted by Crippen LogP contribution is -2.44. The molecule has 2 aromatic rings. The standard InChI is InChI=1S/C19H21N3O2S/c1-15-13-16(14-20)7-8-19(15)25(23,24)21-17-9-11-22(12-10-17)18-5-3-2-4-6-18/h2-8,13,17,21H,9-12H2,1H3. The Morgan fingerprint density at radius 3 is 2.40 bits per heavy atom. The predicted molar refractivity (Wildman–Crippen MR) is 97.9 cm³/mol. The Bertz CT molecular complexity index is 881. The molecule has 0 aromatic heterocycles. The van der Waals surface area contributed by atoms with Gasteiger partial charge >= 0.3 is 0 Å². The second kappa shape index (κ2) is 7.26. The van der Waals surface area contributed by atoms with Crippen LogP contribution in [0.5, 0.6) is 0 Å². The third-order valence-electron chi connectivity index (χ3n) is 4.53. The lowest BCUT2D eigenvalue weighted by molar-refractivity contribution is 0.460. The number of hydrogen-bond acceptors (Lipinski definition) is 4. The van der Waals surface area contributed by atoms with Gasteiger partial charge in [-0.25, -0.2) is 13.1 Å². The minimum absolute atomic E-state index is 0.0694. The summed E-state index contributed by atoms with van der Waals surface area (Å²) < 4.78 is 28.2. The summed E-state index contributed by atoms with van der Waals surface area (Å²) >= 11 is 0. The van der Waals surface area contributed by atoms with Crippen LogP contribution in [0.2, 0.25) is 0 Å². The number of sulfonamides is 1. The van der Waals surface area contributed by atoms with E-state index < -0.39 is 10.0 Å². The fourth-order valence-electron chi connectivity index (χ4n) is 3.20. The Hall–Kier alpha value is -2.36. The molecule has 1 fully saturated rings. The van der Waals surface area contributed by atoms with E-state index in [0.29, 0.717) is 11.1 Å². The maximum atomic E-state index is 12.7. The number of para-hydroxylation sites is 1. The van der Waals surface area contributed by atoms with E-state index in [2.05, 4.69) is 21.8 Å². The van der Waals surface area contributed by atoms with Gasteiger partial charge in [-0.1, -0.05) is 18.2 Å². The molecule has 1 aliphatic rings. The van der Waals surface area contributed by atoms with Crippen molar-refractivity contribution in [3.8, 4) is 6.07 Å². The molecular formula is C19H21N3O2S. The van der Waals surface area contributed by atoms with Crippen molar-refractivity contribution in [2.75, 3.05) is 18.0 Å². The van der Waals surface area contributed by atoms with E-state index in [1.54, 1.807) is 19.1 Å². The quantitative estimate of drug-likeness (QED) is 0.915. The van der Waals surface area contributed by atoms with Gasteiger partial charge < -0.3 is 4.90 Å². The van der Waals surface area contributed by atoms with Gasteiger partial charge in [-0.2, -0.15) is 5.26 Å². The largest absolute Gasteiger partial charge is 0.371 e. The summed E-state index contributed by atoms with van der Waals surface area (Å²) in [7, 11) is -3.58. The van der Waals surface area contributed by atoms with Crippen molar-refractivity contribution in [1.82, 2.24) is 4.72 Å². The van der Waals surface area contributed by atoms with Gasteiger partial charge in [0.1, 0.15) is 0 Å². The van der Waals surface area contributed by atoms with Crippen molar-refractivity contribution in [2.45, 2.75) is 30.7 Å². The number of benzene rings is 2. The molecule has 25 heavy (non-hydrogen) atoms. The summed E-state index contributed by atoms with van der Waals surface area (Å²) in [6.07, 6.45) is 1.53. The maximum Gasteiger partial charge on any atom is 0.241 e. The van der Waals surface area contributed by atoms with Gasteiger partial charge in [0.25, 0.3) is 0 Å². The number of hydrogen-bond donors (Lipinski definition) is 1. The van der Waals surface area contributed by atoms with E-state index in [9.17, 15) is 8.42 Å². The fourth-order valence-corrected chi connectivity index (χ4v) is 4.73. The summed E-state index contributed by atoms with van der Waals surface area (Å²) in [5.74, 6) is 0. The average Bonchev–Trinajstić information content (AvgIpc) is 2.62. The van der Waals surface area contributed by atoms with E-state index in [1.807, 2.05) is 24.3 Å². The Morgan fingerprint density at radius 2 is 1.80 bits per heavy atom. The van der Waals surface area contributed by atoms with Crippen LogP contribution in [0.3, 0.4) is 0 Å². The van der Waals surface area contributed by atoms with Gasteiger partial charge in [0.2, 0.25) is 10.0 Å². The number of aryl methyl sites for hydroxylation is 1. The number of anilines is 1. The number of piperidine rings is 1. The first kappa shape index (κ1) is 17.5. The first-order valence-corrected chi connectivity index (χ1v) is 9.81. The van der Waals surface area contributed by atoms with E-state index in [0.717, 1.165) is 25.9 Å². The topological polar surface area (TPSA) is 73.2 Å². The van der Waals surface area contributed by atoms with Crippen LogP contribution in [0, 0.1) is 18.3 Å². The molecule has 0 radical (unpaired) electrons. The highest BCUT2D eigenvalue weighted by molar-refractivity contribution is 7.89. The summed E-state index contributed by atoms with van der Waals surface area (Å²) in [6.45, 7) is 3.36. The normalized spacial score (nSPS) is 15.8. The molecule has 1 aliphatic heterocycles. The average molecular weight is 355 g/mol. The molecule has 1 heterocycles. The van der Waals surface area contributed by atoms with E-state index in [-0.39, 0.29) is 10.9 Å². The van der Waals surface area contributed by atoms with Crippen LogP contribution in [0.4, 0.5) is 5.69 Å².